The fourth-order valence-electron chi connectivity index (χ4n) is 3.92. The number of rotatable bonds is 5. The molecular formula is C22H32ClN5O5. The molecule has 1 fully saturated rings. The van der Waals surface area contributed by atoms with Gasteiger partial charge in [0.05, 0.1) is 28.2 Å². The van der Waals surface area contributed by atoms with E-state index >= 15 is 0 Å². The highest BCUT2D eigenvalue weighted by atomic mass is 35.5. The van der Waals surface area contributed by atoms with Crippen molar-refractivity contribution in [1.82, 2.24) is 15.1 Å². The van der Waals surface area contributed by atoms with Gasteiger partial charge in [0.25, 0.3) is 0 Å². The molecular weight excluding hydrogens is 450 g/mol. The lowest BCUT2D eigenvalue weighted by atomic mass is 9.88. The van der Waals surface area contributed by atoms with Gasteiger partial charge >= 0.3 is 12.0 Å². The molecule has 0 radical (unpaired) electrons. The minimum absolute atomic E-state index is 0.284. The molecule has 0 spiro atoms. The van der Waals surface area contributed by atoms with Crippen LogP contribution in [0.3, 0.4) is 0 Å². The van der Waals surface area contributed by atoms with E-state index in [1.54, 1.807) is 24.7 Å². The van der Waals surface area contributed by atoms with Crippen LogP contribution in [0, 0.1) is 0 Å². The highest BCUT2D eigenvalue weighted by Gasteiger charge is 2.35. The van der Waals surface area contributed by atoms with Crippen molar-refractivity contribution in [1.29, 1.82) is 0 Å². The Labute approximate surface area is 198 Å². The third-order valence-electron chi connectivity index (χ3n) is 5.51. The molecule has 3 amide bonds. The van der Waals surface area contributed by atoms with Gasteiger partial charge in [0.1, 0.15) is 0 Å². The smallest absolute Gasteiger partial charge is 0.329 e. The number of imide groups is 1. The van der Waals surface area contributed by atoms with E-state index in [9.17, 15) is 19.5 Å². The van der Waals surface area contributed by atoms with Gasteiger partial charge in [-0.1, -0.05) is 25.4 Å². The second-order valence-electron chi connectivity index (χ2n) is 7.78. The van der Waals surface area contributed by atoms with E-state index in [1.165, 1.54) is 11.8 Å². The zero-order valence-corrected chi connectivity index (χ0v) is 20.4. The summed E-state index contributed by atoms with van der Waals surface area (Å²) in [6, 6.07) is 3.03. The van der Waals surface area contributed by atoms with Gasteiger partial charge in [0.2, 0.25) is 5.91 Å². The van der Waals surface area contributed by atoms with Crippen LogP contribution in [0.5, 0.6) is 0 Å². The minimum Gasteiger partial charge on any atom is -0.481 e. The maximum Gasteiger partial charge on any atom is 0.329 e. The number of anilines is 2. The molecule has 2 aromatic rings. The largest absolute Gasteiger partial charge is 0.481 e. The van der Waals surface area contributed by atoms with Gasteiger partial charge < -0.3 is 15.1 Å². The molecule has 2 heterocycles. The topological polar surface area (TPSA) is 128 Å². The first-order valence-electron chi connectivity index (χ1n) is 11.0. The predicted octanol–water partition coefficient (Wildman–Crippen LogP) is 3.14. The molecule has 3 rings (SSSR count). The highest BCUT2D eigenvalue weighted by molar-refractivity contribution is 6.34. The molecule has 1 aliphatic rings. The van der Waals surface area contributed by atoms with Crippen molar-refractivity contribution in [3.05, 3.63) is 17.2 Å². The van der Waals surface area contributed by atoms with Crippen LogP contribution in [0.25, 0.3) is 10.9 Å². The molecule has 0 aliphatic carbocycles. The number of hydrogen-bond donors (Lipinski definition) is 3. The number of carboxylic acids is 1. The first kappa shape index (κ1) is 26.4. The second kappa shape index (κ2) is 10.8. The number of aryl methyl sites for hydroxylation is 1. The van der Waals surface area contributed by atoms with Crippen LogP contribution in [0.4, 0.5) is 16.3 Å². The summed E-state index contributed by atoms with van der Waals surface area (Å²) in [6.45, 7) is 8.27. The summed E-state index contributed by atoms with van der Waals surface area (Å²) in [5.74, 6) is -1.09. The molecule has 0 atom stereocenters. The number of urea groups is 1. The van der Waals surface area contributed by atoms with Gasteiger partial charge in [-0.3, -0.25) is 24.5 Å². The van der Waals surface area contributed by atoms with Crippen molar-refractivity contribution in [3.63, 3.8) is 0 Å². The number of benzene rings is 1. The Hall–Kier alpha value is -2.85. The van der Waals surface area contributed by atoms with E-state index in [1.807, 2.05) is 24.8 Å². The number of aliphatic hydroxyl groups is 1. The molecule has 33 heavy (non-hydrogen) atoms. The Kier molecular flexibility index (Phi) is 8.68. The van der Waals surface area contributed by atoms with Gasteiger partial charge in [-0.25, -0.2) is 4.79 Å². The number of aromatic nitrogens is 2. The van der Waals surface area contributed by atoms with Gasteiger partial charge in [-0.15, -0.1) is 0 Å². The number of nitrogens with zero attached hydrogens (tertiary/aromatic N) is 4. The average molecular weight is 482 g/mol. The summed E-state index contributed by atoms with van der Waals surface area (Å²) in [5, 5.41) is 27.3. The molecule has 1 aliphatic heterocycles. The first-order chi connectivity index (χ1) is 15.5. The van der Waals surface area contributed by atoms with Crippen molar-refractivity contribution < 1.29 is 24.6 Å². The fourth-order valence-corrected chi connectivity index (χ4v) is 4.20. The van der Waals surface area contributed by atoms with E-state index in [2.05, 4.69) is 10.4 Å². The Morgan fingerprint density at radius 2 is 1.85 bits per heavy atom. The van der Waals surface area contributed by atoms with Gasteiger partial charge in [0, 0.05) is 39.0 Å². The lowest BCUT2D eigenvalue weighted by Gasteiger charge is -2.38. The predicted molar refractivity (Wildman–Crippen MR) is 128 cm³/mol. The Morgan fingerprint density at radius 1 is 1.24 bits per heavy atom. The van der Waals surface area contributed by atoms with E-state index in [-0.39, 0.29) is 6.42 Å². The molecule has 3 N–H and O–H groups in total. The summed E-state index contributed by atoms with van der Waals surface area (Å²) < 4.78 is 1.64. The van der Waals surface area contributed by atoms with E-state index < -0.39 is 23.5 Å². The van der Waals surface area contributed by atoms with Crippen LogP contribution in [0.1, 0.15) is 47.0 Å². The van der Waals surface area contributed by atoms with Crippen molar-refractivity contribution in [2.75, 3.05) is 29.4 Å². The van der Waals surface area contributed by atoms with Crippen molar-refractivity contribution in [2.45, 2.75) is 52.6 Å². The highest BCUT2D eigenvalue weighted by Crippen LogP contribution is 2.38. The number of amides is 3. The monoisotopic (exact) mass is 481 g/mol. The number of piperidine rings is 1. The molecule has 1 aromatic carbocycles. The van der Waals surface area contributed by atoms with E-state index in [0.29, 0.717) is 48.7 Å². The molecule has 10 nitrogen and oxygen atoms in total. The summed E-state index contributed by atoms with van der Waals surface area (Å²) in [5.41, 5.74) is 0.275. The van der Waals surface area contributed by atoms with E-state index in [0.717, 1.165) is 11.2 Å². The summed E-state index contributed by atoms with van der Waals surface area (Å²) in [7, 11) is 1.75. The third kappa shape index (κ3) is 5.94. The lowest BCUT2D eigenvalue weighted by molar-refractivity contribution is -0.143. The maximum atomic E-state index is 12.4. The number of carboxylic acid groups (broad SMARTS) is 1. The SMILES string of the molecule is CC.CCN(C(=O)NC(C)=O)c1nn(C)c2cc(N3CCC(O)(CC(=O)O)CC3)c(Cl)cc12. The summed E-state index contributed by atoms with van der Waals surface area (Å²) in [6.07, 6.45) is 0.353. The van der Waals surface area contributed by atoms with Crippen LogP contribution in [-0.2, 0) is 16.6 Å². The number of carbonyl (C=O) groups excluding carboxylic acids is 2. The second-order valence-corrected chi connectivity index (χ2v) is 8.19. The van der Waals surface area contributed by atoms with Gasteiger partial charge in [0.15, 0.2) is 5.82 Å². The minimum atomic E-state index is -1.22. The normalized spacial score (nSPS) is 14.9. The molecule has 0 bridgehead atoms. The quantitative estimate of drug-likeness (QED) is 0.598. The van der Waals surface area contributed by atoms with Crippen LogP contribution in [0.2, 0.25) is 5.02 Å². The summed E-state index contributed by atoms with van der Waals surface area (Å²) in [4.78, 5) is 38.1. The lowest BCUT2D eigenvalue weighted by Crippen LogP contribution is -2.45. The number of fused-ring (bicyclic) bond motifs is 1. The zero-order chi connectivity index (χ0) is 24.9. The van der Waals surface area contributed by atoms with Crippen LogP contribution >= 0.6 is 11.6 Å². The van der Waals surface area contributed by atoms with Crippen molar-refractivity contribution >= 4 is 51.9 Å². The van der Waals surface area contributed by atoms with E-state index in [4.69, 9.17) is 16.7 Å². The molecule has 182 valence electrons. The number of aliphatic carboxylic acids is 1. The number of nitrogens with one attached hydrogen (secondary N) is 1. The molecule has 0 saturated carbocycles. The Morgan fingerprint density at radius 3 is 2.36 bits per heavy atom. The zero-order valence-electron chi connectivity index (χ0n) is 19.7. The van der Waals surface area contributed by atoms with Crippen LogP contribution in [0.15, 0.2) is 12.1 Å². The fraction of sp³-hybridized carbons (Fsp3) is 0.545. The molecule has 1 aromatic heterocycles. The number of halogens is 1. The third-order valence-corrected chi connectivity index (χ3v) is 5.82. The first-order valence-corrected chi connectivity index (χ1v) is 11.4. The number of hydrogen-bond acceptors (Lipinski definition) is 6. The van der Waals surface area contributed by atoms with Gasteiger partial charge in [-0.2, -0.15) is 5.10 Å². The van der Waals surface area contributed by atoms with Crippen LogP contribution in [-0.4, -0.2) is 63.1 Å². The number of carbonyl (C=O) groups is 3. The average Bonchev–Trinajstić information content (AvgIpc) is 3.04. The van der Waals surface area contributed by atoms with Crippen molar-refractivity contribution in [2.24, 2.45) is 7.05 Å². The molecule has 1 saturated heterocycles. The van der Waals surface area contributed by atoms with Gasteiger partial charge in [-0.05, 0) is 31.9 Å². The van der Waals surface area contributed by atoms with Crippen LogP contribution < -0.4 is 15.1 Å². The summed E-state index contributed by atoms with van der Waals surface area (Å²) >= 11 is 6.58. The maximum absolute atomic E-state index is 12.4. The Balaban J connectivity index is 0.00000187. The van der Waals surface area contributed by atoms with Crippen molar-refractivity contribution in [3.8, 4) is 0 Å². The molecule has 11 heteroatoms. The Bertz CT molecular complexity index is 1030. The standard InChI is InChI=1S/C20H26ClN5O5.C2H6/c1-4-26(19(30)22-12(2)27)18-13-9-14(21)16(10-15(13)24(3)23-18)25-7-5-20(31,6-8-25)11-17(28)29;1-2/h9-10,31H,4-8,11H2,1-3H3,(H,28,29)(H,22,27,30);1-2H3. The molecule has 0 unspecified atom stereocenters.